The van der Waals surface area contributed by atoms with Crippen LogP contribution in [0.4, 0.5) is 0 Å². The minimum Gasteiger partial charge on any atom is -0.368 e. The Labute approximate surface area is 150 Å². The van der Waals surface area contributed by atoms with Crippen LogP contribution >= 0.6 is 11.3 Å². The number of hydrogen-bond acceptors (Lipinski definition) is 5. The molecular formula is C18H21N3O3S. The molecule has 0 saturated carbocycles. The lowest BCUT2D eigenvalue weighted by molar-refractivity contribution is -0.187. The van der Waals surface area contributed by atoms with Gasteiger partial charge in [-0.25, -0.2) is 0 Å². The van der Waals surface area contributed by atoms with Gasteiger partial charge in [0.15, 0.2) is 0 Å². The van der Waals surface area contributed by atoms with Crippen molar-refractivity contribution in [2.75, 3.05) is 40.3 Å². The fourth-order valence-electron chi connectivity index (χ4n) is 3.66. The number of carbonyl (C=O) groups is 2. The summed E-state index contributed by atoms with van der Waals surface area (Å²) in [6.45, 7) is 2.16. The molecule has 0 radical (unpaired) electrons. The van der Waals surface area contributed by atoms with Crippen LogP contribution in [-0.2, 0) is 9.53 Å². The lowest BCUT2D eigenvalue weighted by atomic mass is 9.90. The standard InChI is InChI=1S/C18H21N3O3S/c1-19-16(22)13-8-24-18(9-20(13)2)10-21(11-18)17(23)15-7-12-5-3-4-6-14(12)25-15/h3-7,13H,8-11H2,1-2H3,(H,19,22)/t13-/m0/s1. The lowest BCUT2D eigenvalue weighted by Gasteiger charge is -2.54. The van der Waals surface area contributed by atoms with Gasteiger partial charge in [0.05, 0.1) is 24.6 Å². The smallest absolute Gasteiger partial charge is 0.264 e. The second-order valence-corrected chi connectivity index (χ2v) is 7.93. The Morgan fingerprint density at radius 3 is 2.72 bits per heavy atom. The van der Waals surface area contributed by atoms with E-state index < -0.39 is 0 Å². The number of morpholine rings is 1. The molecule has 4 rings (SSSR count). The van der Waals surface area contributed by atoms with Crippen molar-refractivity contribution in [3.63, 3.8) is 0 Å². The van der Waals surface area contributed by atoms with Gasteiger partial charge in [-0.05, 0) is 24.6 Å². The van der Waals surface area contributed by atoms with Crippen molar-refractivity contribution in [1.82, 2.24) is 15.1 Å². The van der Waals surface area contributed by atoms with Crippen LogP contribution < -0.4 is 5.32 Å². The van der Waals surface area contributed by atoms with Crippen LogP contribution in [0.2, 0.25) is 0 Å². The first-order chi connectivity index (χ1) is 12.0. The average Bonchev–Trinajstić information content (AvgIpc) is 3.02. The van der Waals surface area contributed by atoms with Gasteiger partial charge in [-0.15, -0.1) is 11.3 Å². The number of likely N-dealkylation sites (tertiary alicyclic amines) is 1. The summed E-state index contributed by atoms with van der Waals surface area (Å²) in [5, 5.41) is 3.77. The summed E-state index contributed by atoms with van der Waals surface area (Å²) in [7, 11) is 3.57. The van der Waals surface area contributed by atoms with Gasteiger partial charge in [0.25, 0.3) is 5.91 Å². The SMILES string of the molecule is CNC(=O)[C@@H]1COC2(CN(C(=O)c3cc4ccccc4s3)C2)CN1C. The Bertz CT molecular complexity index is 795. The fraction of sp³-hybridized carbons (Fsp3) is 0.444. The van der Waals surface area contributed by atoms with Crippen LogP contribution in [0.25, 0.3) is 10.1 Å². The Kier molecular flexibility index (Phi) is 4.02. The monoisotopic (exact) mass is 359 g/mol. The number of carbonyl (C=O) groups excluding carboxylic acids is 2. The van der Waals surface area contributed by atoms with Crippen LogP contribution in [0.15, 0.2) is 30.3 Å². The molecule has 0 aliphatic carbocycles. The summed E-state index contributed by atoms with van der Waals surface area (Å²) < 4.78 is 7.12. The number of fused-ring (bicyclic) bond motifs is 1. The molecule has 1 spiro atoms. The largest absolute Gasteiger partial charge is 0.368 e. The van der Waals surface area contributed by atoms with Gasteiger partial charge < -0.3 is 15.0 Å². The number of benzene rings is 1. The van der Waals surface area contributed by atoms with E-state index in [1.165, 1.54) is 11.3 Å². The zero-order valence-electron chi connectivity index (χ0n) is 14.3. The van der Waals surface area contributed by atoms with Crippen molar-refractivity contribution in [3.8, 4) is 0 Å². The zero-order chi connectivity index (χ0) is 17.6. The molecule has 2 aliphatic rings. The summed E-state index contributed by atoms with van der Waals surface area (Å²) in [4.78, 5) is 29.2. The Morgan fingerprint density at radius 2 is 2.04 bits per heavy atom. The molecule has 3 heterocycles. The third kappa shape index (κ3) is 2.82. The van der Waals surface area contributed by atoms with E-state index >= 15 is 0 Å². The number of nitrogens with one attached hydrogen (secondary N) is 1. The molecule has 2 amide bonds. The second kappa shape index (κ2) is 6.09. The Balaban J connectivity index is 1.41. The Morgan fingerprint density at radius 1 is 1.28 bits per heavy atom. The van der Waals surface area contributed by atoms with E-state index in [1.807, 2.05) is 47.2 Å². The molecule has 1 N–H and O–H groups in total. The molecular weight excluding hydrogens is 338 g/mol. The molecule has 2 aliphatic heterocycles. The zero-order valence-corrected chi connectivity index (χ0v) is 15.1. The summed E-state index contributed by atoms with van der Waals surface area (Å²) in [6.07, 6.45) is 0. The third-order valence-corrected chi connectivity index (χ3v) is 6.15. The van der Waals surface area contributed by atoms with E-state index in [9.17, 15) is 9.59 Å². The van der Waals surface area contributed by atoms with Crippen molar-refractivity contribution in [1.29, 1.82) is 0 Å². The highest BCUT2D eigenvalue weighted by atomic mass is 32.1. The van der Waals surface area contributed by atoms with Crippen LogP contribution in [0.5, 0.6) is 0 Å². The molecule has 2 saturated heterocycles. The second-order valence-electron chi connectivity index (χ2n) is 6.85. The van der Waals surface area contributed by atoms with Crippen LogP contribution in [0, 0.1) is 0 Å². The quantitative estimate of drug-likeness (QED) is 0.875. The predicted molar refractivity (Wildman–Crippen MR) is 96.9 cm³/mol. The fourth-order valence-corrected chi connectivity index (χ4v) is 4.69. The van der Waals surface area contributed by atoms with Gasteiger partial charge in [0.2, 0.25) is 5.91 Å². The first-order valence-corrected chi connectivity index (χ1v) is 9.17. The summed E-state index contributed by atoms with van der Waals surface area (Å²) in [5.41, 5.74) is -0.342. The maximum Gasteiger partial charge on any atom is 0.264 e. The molecule has 25 heavy (non-hydrogen) atoms. The van der Waals surface area contributed by atoms with Gasteiger partial charge in [-0.3, -0.25) is 14.5 Å². The molecule has 2 fully saturated rings. The predicted octanol–water partition coefficient (Wildman–Crippen LogP) is 1.17. The molecule has 2 aromatic rings. The highest BCUT2D eigenvalue weighted by molar-refractivity contribution is 7.20. The first kappa shape index (κ1) is 16.5. The number of likely N-dealkylation sites (N-methyl/N-ethyl adjacent to an activating group) is 2. The van der Waals surface area contributed by atoms with E-state index in [2.05, 4.69) is 5.32 Å². The molecule has 6 nitrogen and oxygen atoms in total. The Hall–Kier alpha value is -1.96. The molecule has 1 aromatic heterocycles. The van der Waals surface area contributed by atoms with Gasteiger partial charge >= 0.3 is 0 Å². The average molecular weight is 359 g/mol. The number of thiophene rings is 1. The van der Waals surface area contributed by atoms with Crippen molar-refractivity contribution < 1.29 is 14.3 Å². The van der Waals surface area contributed by atoms with Crippen LogP contribution in [0.3, 0.4) is 0 Å². The highest BCUT2D eigenvalue weighted by Crippen LogP contribution is 2.33. The summed E-state index contributed by atoms with van der Waals surface area (Å²) in [5.74, 6) is 0.0291. The third-order valence-electron chi connectivity index (χ3n) is 5.05. The van der Waals surface area contributed by atoms with Crippen LogP contribution in [-0.4, -0.2) is 73.6 Å². The van der Waals surface area contributed by atoms with Gasteiger partial charge in [-0.1, -0.05) is 18.2 Å². The number of ether oxygens (including phenoxy) is 1. The van der Waals surface area contributed by atoms with E-state index in [-0.39, 0.29) is 23.5 Å². The number of hydrogen-bond donors (Lipinski definition) is 1. The number of amides is 2. The molecule has 0 unspecified atom stereocenters. The van der Waals surface area contributed by atoms with Gasteiger partial charge in [-0.2, -0.15) is 0 Å². The number of rotatable bonds is 2. The lowest BCUT2D eigenvalue weighted by Crippen LogP contribution is -2.73. The summed E-state index contributed by atoms with van der Waals surface area (Å²) >= 11 is 1.53. The van der Waals surface area contributed by atoms with E-state index in [0.717, 1.165) is 15.0 Å². The highest BCUT2D eigenvalue weighted by Gasteiger charge is 2.51. The van der Waals surface area contributed by atoms with Gasteiger partial charge in [0.1, 0.15) is 11.6 Å². The first-order valence-electron chi connectivity index (χ1n) is 8.35. The minimum atomic E-state index is -0.342. The maximum absolute atomic E-state index is 12.7. The van der Waals surface area contributed by atoms with Gasteiger partial charge in [0, 0.05) is 18.3 Å². The molecule has 1 aromatic carbocycles. The molecule has 132 valence electrons. The normalized spacial score (nSPS) is 22.8. The summed E-state index contributed by atoms with van der Waals surface area (Å²) in [6, 6.07) is 9.73. The molecule has 7 heteroatoms. The van der Waals surface area contributed by atoms with E-state index in [1.54, 1.807) is 7.05 Å². The topological polar surface area (TPSA) is 61.9 Å². The van der Waals surface area contributed by atoms with Crippen LogP contribution in [0.1, 0.15) is 9.67 Å². The maximum atomic E-state index is 12.7. The molecule has 0 bridgehead atoms. The van der Waals surface area contributed by atoms with Crippen molar-refractivity contribution in [2.24, 2.45) is 0 Å². The number of nitrogens with zero attached hydrogens (tertiary/aromatic N) is 2. The van der Waals surface area contributed by atoms with Crippen molar-refractivity contribution >= 4 is 33.2 Å². The van der Waals surface area contributed by atoms with E-state index in [0.29, 0.717) is 26.2 Å². The van der Waals surface area contributed by atoms with E-state index in [4.69, 9.17) is 4.74 Å². The van der Waals surface area contributed by atoms with Crippen molar-refractivity contribution in [2.45, 2.75) is 11.6 Å². The molecule has 1 atom stereocenters. The van der Waals surface area contributed by atoms with Crippen molar-refractivity contribution in [3.05, 3.63) is 35.2 Å². The minimum absolute atomic E-state index is 0.0325.